The van der Waals surface area contributed by atoms with Crippen molar-refractivity contribution in [3.8, 4) is 0 Å². The van der Waals surface area contributed by atoms with Gasteiger partial charge < -0.3 is 24.4 Å². The molecule has 0 rings (SSSR count). The highest BCUT2D eigenvalue weighted by atomic mass is 16.6. The normalized spacial score (nSPS) is 8.84. The molecule has 0 amide bonds. The minimum absolute atomic E-state index is 0.123. The Morgan fingerprint density at radius 2 is 1.16 bits per heavy atom. The number of hydrogen-bond donors (Lipinski definition) is 2. The first-order chi connectivity index (χ1) is 8.65. The third-order valence-electron chi connectivity index (χ3n) is 1.28. The lowest BCUT2D eigenvalue weighted by Gasteiger charge is -2.15. The van der Waals surface area contributed by atoms with Gasteiger partial charge in [0.2, 0.25) is 0 Å². The van der Waals surface area contributed by atoms with E-state index in [1.54, 1.807) is 0 Å². The van der Waals surface area contributed by atoms with E-state index in [2.05, 4.69) is 9.47 Å². The number of ether oxygens (including phenoxy) is 3. The summed E-state index contributed by atoms with van der Waals surface area (Å²) in [7, 11) is 0. The Kier molecular flexibility index (Phi) is 10.8. The van der Waals surface area contributed by atoms with Crippen molar-refractivity contribution in [3.05, 3.63) is 0 Å². The van der Waals surface area contributed by atoms with Crippen molar-refractivity contribution in [2.24, 2.45) is 0 Å². The molecule has 0 aromatic heterocycles. The van der Waals surface area contributed by atoms with E-state index in [1.807, 2.05) is 0 Å². The smallest absolute Gasteiger partial charge is 0.462 e. The van der Waals surface area contributed by atoms with Gasteiger partial charge in [0, 0.05) is 20.8 Å². The molecule has 0 saturated heterocycles. The Balaban J connectivity index is 0. The van der Waals surface area contributed by atoms with Gasteiger partial charge in [0.25, 0.3) is 0 Å². The zero-order chi connectivity index (χ0) is 15.4. The molecule has 0 heterocycles. The zero-order valence-corrected chi connectivity index (χ0v) is 10.7. The molecular formula is C10H16O9. The molecule has 0 aliphatic heterocycles. The molecule has 0 aliphatic rings. The first-order valence-corrected chi connectivity index (χ1v) is 5.01. The van der Waals surface area contributed by atoms with Crippen molar-refractivity contribution < 1.29 is 43.6 Å². The van der Waals surface area contributed by atoms with Gasteiger partial charge in [-0.1, -0.05) is 0 Å². The van der Waals surface area contributed by atoms with Gasteiger partial charge in [0.15, 0.2) is 6.10 Å². The lowest BCUT2D eigenvalue weighted by molar-refractivity contribution is -0.163. The quantitative estimate of drug-likeness (QED) is 0.536. The van der Waals surface area contributed by atoms with Crippen LogP contribution >= 0.6 is 0 Å². The SMILES string of the molecule is CC(=O)OCC(COC(C)=O)OC(C)=O.O=C(O)O. The van der Waals surface area contributed by atoms with E-state index in [0.29, 0.717) is 0 Å². The Bertz CT molecular complexity index is 301. The minimum atomic E-state index is -1.83. The van der Waals surface area contributed by atoms with Crippen LogP contribution in [-0.2, 0) is 28.6 Å². The molecule has 0 spiro atoms. The molecule has 0 atom stereocenters. The topological polar surface area (TPSA) is 136 Å². The van der Waals surface area contributed by atoms with Crippen LogP contribution in [-0.4, -0.2) is 53.6 Å². The van der Waals surface area contributed by atoms with Crippen LogP contribution in [0.5, 0.6) is 0 Å². The van der Waals surface area contributed by atoms with E-state index in [9.17, 15) is 14.4 Å². The largest absolute Gasteiger partial charge is 0.503 e. The van der Waals surface area contributed by atoms with Gasteiger partial charge >= 0.3 is 24.1 Å². The van der Waals surface area contributed by atoms with E-state index in [0.717, 1.165) is 0 Å². The lowest BCUT2D eigenvalue weighted by Crippen LogP contribution is -2.29. The number of esters is 3. The highest BCUT2D eigenvalue weighted by Gasteiger charge is 2.15. The molecule has 0 radical (unpaired) electrons. The zero-order valence-electron chi connectivity index (χ0n) is 10.7. The molecule has 9 nitrogen and oxygen atoms in total. The summed E-state index contributed by atoms with van der Waals surface area (Å²) in [5, 5.41) is 13.9. The summed E-state index contributed by atoms with van der Waals surface area (Å²) in [4.78, 5) is 40.2. The summed E-state index contributed by atoms with van der Waals surface area (Å²) in [6, 6.07) is 0. The van der Waals surface area contributed by atoms with Crippen molar-refractivity contribution in [2.75, 3.05) is 13.2 Å². The van der Waals surface area contributed by atoms with Crippen LogP contribution in [0.4, 0.5) is 4.79 Å². The van der Waals surface area contributed by atoms with Crippen molar-refractivity contribution >= 4 is 24.1 Å². The summed E-state index contributed by atoms with van der Waals surface area (Å²) >= 11 is 0. The van der Waals surface area contributed by atoms with Gasteiger partial charge in [-0.3, -0.25) is 14.4 Å². The van der Waals surface area contributed by atoms with Crippen LogP contribution in [0, 0.1) is 0 Å². The van der Waals surface area contributed by atoms with Crippen LogP contribution in [0.1, 0.15) is 20.8 Å². The number of carbonyl (C=O) groups excluding carboxylic acids is 3. The van der Waals surface area contributed by atoms with Crippen molar-refractivity contribution in [3.63, 3.8) is 0 Å². The second kappa shape index (κ2) is 10.8. The summed E-state index contributed by atoms with van der Waals surface area (Å²) in [5.41, 5.74) is 0. The fourth-order valence-electron chi connectivity index (χ4n) is 0.771. The number of hydrogen-bond acceptors (Lipinski definition) is 7. The molecule has 0 fully saturated rings. The molecule has 19 heavy (non-hydrogen) atoms. The van der Waals surface area contributed by atoms with E-state index in [1.165, 1.54) is 20.8 Å². The van der Waals surface area contributed by atoms with Crippen molar-refractivity contribution in [2.45, 2.75) is 26.9 Å². The van der Waals surface area contributed by atoms with Crippen LogP contribution in [0.3, 0.4) is 0 Å². The lowest BCUT2D eigenvalue weighted by atomic mass is 10.4. The van der Waals surface area contributed by atoms with Gasteiger partial charge in [0.05, 0.1) is 0 Å². The predicted octanol–water partition coefficient (Wildman–Crippen LogP) is 0.267. The summed E-state index contributed by atoms with van der Waals surface area (Å²) in [6.45, 7) is 3.44. The van der Waals surface area contributed by atoms with Gasteiger partial charge in [-0.25, -0.2) is 4.79 Å². The number of carboxylic acid groups (broad SMARTS) is 2. The molecule has 2 N–H and O–H groups in total. The van der Waals surface area contributed by atoms with Gasteiger partial charge in [-0.2, -0.15) is 0 Å². The molecule has 0 bridgehead atoms. The maximum atomic E-state index is 10.6. The molecular weight excluding hydrogens is 264 g/mol. The average molecular weight is 280 g/mol. The molecule has 0 unspecified atom stereocenters. The van der Waals surface area contributed by atoms with Crippen LogP contribution in [0.2, 0.25) is 0 Å². The highest BCUT2D eigenvalue weighted by Crippen LogP contribution is 1.97. The van der Waals surface area contributed by atoms with Gasteiger partial charge in [-0.15, -0.1) is 0 Å². The van der Waals surface area contributed by atoms with Crippen LogP contribution < -0.4 is 0 Å². The Labute approximate surface area is 109 Å². The molecule has 0 saturated carbocycles. The standard InChI is InChI=1S/C9H14O6.CH2O3/c1-6(10)13-4-9(15-8(3)12)5-14-7(2)11;2-1(3)4/h9H,4-5H2,1-3H3;(H2,2,3,4). The first kappa shape index (κ1) is 19.0. The van der Waals surface area contributed by atoms with Crippen LogP contribution in [0.25, 0.3) is 0 Å². The molecule has 110 valence electrons. The van der Waals surface area contributed by atoms with Gasteiger partial charge in [0.1, 0.15) is 13.2 Å². The molecule has 9 heteroatoms. The van der Waals surface area contributed by atoms with E-state index in [4.69, 9.17) is 19.7 Å². The van der Waals surface area contributed by atoms with Crippen molar-refractivity contribution in [1.82, 2.24) is 0 Å². The molecule has 0 aliphatic carbocycles. The minimum Gasteiger partial charge on any atom is -0.462 e. The van der Waals surface area contributed by atoms with E-state index >= 15 is 0 Å². The summed E-state index contributed by atoms with van der Waals surface area (Å²) in [5.74, 6) is -1.51. The average Bonchev–Trinajstić information content (AvgIpc) is 2.20. The molecule has 0 aromatic rings. The Morgan fingerprint density at radius 1 is 0.842 bits per heavy atom. The monoisotopic (exact) mass is 280 g/mol. The Morgan fingerprint density at radius 3 is 1.37 bits per heavy atom. The second-order valence-electron chi connectivity index (χ2n) is 3.12. The first-order valence-electron chi connectivity index (χ1n) is 5.01. The fraction of sp³-hybridized carbons (Fsp3) is 0.600. The van der Waals surface area contributed by atoms with Crippen molar-refractivity contribution in [1.29, 1.82) is 0 Å². The van der Waals surface area contributed by atoms with Crippen LogP contribution in [0.15, 0.2) is 0 Å². The predicted molar refractivity (Wildman–Crippen MR) is 59.5 cm³/mol. The Hall–Kier alpha value is -2.32. The number of rotatable bonds is 5. The third-order valence-corrected chi connectivity index (χ3v) is 1.28. The molecule has 0 aromatic carbocycles. The van der Waals surface area contributed by atoms with E-state index in [-0.39, 0.29) is 13.2 Å². The summed E-state index contributed by atoms with van der Waals surface area (Å²) in [6.07, 6.45) is -2.59. The highest BCUT2D eigenvalue weighted by molar-refractivity contribution is 5.67. The fourth-order valence-corrected chi connectivity index (χ4v) is 0.771. The third kappa shape index (κ3) is 21.5. The van der Waals surface area contributed by atoms with E-state index < -0.39 is 30.2 Å². The number of carbonyl (C=O) groups is 4. The maximum Gasteiger partial charge on any atom is 0.503 e. The second-order valence-corrected chi connectivity index (χ2v) is 3.12. The van der Waals surface area contributed by atoms with Gasteiger partial charge in [-0.05, 0) is 0 Å². The maximum absolute atomic E-state index is 10.6. The summed E-state index contributed by atoms with van der Waals surface area (Å²) < 4.78 is 14.0.